The number of piperidine rings is 1. The third-order valence-electron chi connectivity index (χ3n) is 6.04. The van der Waals surface area contributed by atoms with Gasteiger partial charge >= 0.3 is 0 Å². The molecule has 2 heterocycles. The molecule has 1 aromatic carbocycles. The van der Waals surface area contributed by atoms with Gasteiger partial charge in [0.25, 0.3) is 5.91 Å². The van der Waals surface area contributed by atoms with Gasteiger partial charge < -0.3 is 15.1 Å². The van der Waals surface area contributed by atoms with Crippen LogP contribution in [-0.2, 0) is 4.79 Å². The van der Waals surface area contributed by atoms with Gasteiger partial charge in [0.1, 0.15) is 0 Å². The summed E-state index contributed by atoms with van der Waals surface area (Å²) in [6.45, 7) is 8.46. The summed E-state index contributed by atoms with van der Waals surface area (Å²) in [5, 5.41) is 3.88. The average molecular weight is 421 g/mol. The Balaban J connectivity index is 1.62. The van der Waals surface area contributed by atoms with Crippen LogP contribution in [0.3, 0.4) is 0 Å². The molecule has 0 bridgehead atoms. The van der Waals surface area contributed by atoms with E-state index < -0.39 is 0 Å². The molecule has 0 aliphatic carbocycles. The number of halogens is 1. The van der Waals surface area contributed by atoms with E-state index >= 15 is 0 Å². The summed E-state index contributed by atoms with van der Waals surface area (Å²) in [5.74, 6) is 0.103. The monoisotopic (exact) mass is 420 g/mol. The van der Waals surface area contributed by atoms with Gasteiger partial charge in [-0.25, -0.2) is 0 Å². The van der Waals surface area contributed by atoms with E-state index in [9.17, 15) is 9.59 Å². The van der Waals surface area contributed by atoms with E-state index in [1.165, 1.54) is 19.3 Å². The van der Waals surface area contributed by atoms with Gasteiger partial charge in [0.05, 0.1) is 0 Å². The Labute approximate surface area is 179 Å². The summed E-state index contributed by atoms with van der Waals surface area (Å²) in [6, 6.07) is 7.56. The molecular formula is C22H33ClN4O2. The smallest absolute Gasteiger partial charge is 0.253 e. The first kappa shape index (κ1) is 22.1. The van der Waals surface area contributed by atoms with Crippen LogP contribution in [0.1, 0.15) is 43.0 Å². The first-order valence-electron chi connectivity index (χ1n) is 10.8. The Kier molecular flexibility index (Phi) is 8.33. The predicted octanol–water partition coefficient (Wildman–Crippen LogP) is 2.48. The highest BCUT2D eigenvalue weighted by Crippen LogP contribution is 2.17. The Morgan fingerprint density at radius 3 is 2.52 bits per heavy atom. The zero-order valence-corrected chi connectivity index (χ0v) is 18.2. The lowest BCUT2D eigenvalue weighted by Crippen LogP contribution is -2.48. The van der Waals surface area contributed by atoms with Gasteiger partial charge in [-0.05, 0) is 50.6 Å². The molecular weight excluding hydrogens is 388 g/mol. The lowest BCUT2D eigenvalue weighted by atomic mass is 10.0. The molecule has 29 heavy (non-hydrogen) atoms. The Morgan fingerprint density at radius 2 is 1.83 bits per heavy atom. The number of benzene rings is 1. The summed E-state index contributed by atoms with van der Waals surface area (Å²) in [4.78, 5) is 31.9. The molecule has 2 aliphatic rings. The second kappa shape index (κ2) is 11.0. The predicted molar refractivity (Wildman–Crippen MR) is 116 cm³/mol. The third kappa shape index (κ3) is 6.43. The van der Waals surface area contributed by atoms with Crippen LogP contribution in [0.2, 0.25) is 5.02 Å². The van der Waals surface area contributed by atoms with E-state index in [1.54, 1.807) is 24.3 Å². The molecule has 1 atom stereocenters. The van der Waals surface area contributed by atoms with Crippen LogP contribution in [0.5, 0.6) is 0 Å². The highest BCUT2D eigenvalue weighted by atomic mass is 35.5. The van der Waals surface area contributed by atoms with E-state index in [0.29, 0.717) is 36.1 Å². The molecule has 160 valence electrons. The maximum Gasteiger partial charge on any atom is 0.253 e. The minimum absolute atomic E-state index is 0.0283. The summed E-state index contributed by atoms with van der Waals surface area (Å²) in [5.41, 5.74) is 0.621. The molecule has 0 radical (unpaired) electrons. The van der Waals surface area contributed by atoms with Crippen LogP contribution in [0.4, 0.5) is 0 Å². The standard InChI is InChI=1S/C22H33ClN4O2/c1-18-4-2-3-12-25(18)16-17-27(22(29)19-5-7-20(23)8-6-19)13-9-21(28)26-14-10-24-11-15-26/h5-8,18,24H,2-4,9-17H2,1H3. The van der Waals surface area contributed by atoms with Crippen molar-refractivity contribution in [1.82, 2.24) is 20.0 Å². The van der Waals surface area contributed by atoms with E-state index in [-0.39, 0.29) is 11.8 Å². The number of nitrogens with zero attached hydrogens (tertiary/aromatic N) is 3. The van der Waals surface area contributed by atoms with Crippen molar-refractivity contribution in [1.29, 1.82) is 0 Å². The number of piperazine rings is 1. The van der Waals surface area contributed by atoms with Crippen LogP contribution in [0, 0.1) is 0 Å². The normalized spacial score (nSPS) is 20.5. The second-order valence-electron chi connectivity index (χ2n) is 8.06. The molecule has 2 fully saturated rings. The minimum atomic E-state index is -0.0283. The average Bonchev–Trinajstić information content (AvgIpc) is 2.75. The molecule has 2 aliphatic heterocycles. The lowest BCUT2D eigenvalue weighted by Gasteiger charge is -2.35. The third-order valence-corrected chi connectivity index (χ3v) is 6.29. The Morgan fingerprint density at radius 1 is 1.10 bits per heavy atom. The zero-order chi connectivity index (χ0) is 20.6. The number of carbonyl (C=O) groups is 2. The van der Waals surface area contributed by atoms with Crippen molar-refractivity contribution >= 4 is 23.4 Å². The second-order valence-corrected chi connectivity index (χ2v) is 8.50. The van der Waals surface area contributed by atoms with Crippen molar-refractivity contribution < 1.29 is 9.59 Å². The summed E-state index contributed by atoms with van der Waals surface area (Å²) >= 11 is 5.98. The lowest BCUT2D eigenvalue weighted by molar-refractivity contribution is -0.131. The molecule has 1 aromatic rings. The van der Waals surface area contributed by atoms with Crippen molar-refractivity contribution in [3.05, 3.63) is 34.9 Å². The maximum atomic E-state index is 13.1. The van der Waals surface area contributed by atoms with Crippen LogP contribution in [0.15, 0.2) is 24.3 Å². The van der Waals surface area contributed by atoms with Gasteiger partial charge in [0.2, 0.25) is 5.91 Å². The zero-order valence-electron chi connectivity index (χ0n) is 17.4. The molecule has 3 rings (SSSR count). The fourth-order valence-electron chi connectivity index (χ4n) is 4.13. The molecule has 0 spiro atoms. The summed E-state index contributed by atoms with van der Waals surface area (Å²) in [6.07, 6.45) is 4.09. The number of nitrogens with one attached hydrogen (secondary N) is 1. The largest absolute Gasteiger partial charge is 0.340 e. The van der Waals surface area contributed by atoms with Gasteiger partial charge in [-0.1, -0.05) is 18.0 Å². The highest BCUT2D eigenvalue weighted by molar-refractivity contribution is 6.30. The first-order chi connectivity index (χ1) is 14.0. The number of likely N-dealkylation sites (tertiary alicyclic amines) is 1. The van der Waals surface area contributed by atoms with Gasteiger partial charge in [0, 0.05) is 68.9 Å². The quantitative estimate of drug-likeness (QED) is 0.736. The van der Waals surface area contributed by atoms with Gasteiger partial charge in [-0.2, -0.15) is 0 Å². The number of carbonyl (C=O) groups excluding carboxylic acids is 2. The summed E-state index contributed by atoms with van der Waals surface area (Å²) in [7, 11) is 0. The number of amides is 2. The van der Waals surface area contributed by atoms with Crippen LogP contribution >= 0.6 is 11.6 Å². The van der Waals surface area contributed by atoms with Crippen molar-refractivity contribution in [3.63, 3.8) is 0 Å². The van der Waals surface area contributed by atoms with Crippen molar-refractivity contribution in [2.75, 3.05) is 52.4 Å². The van der Waals surface area contributed by atoms with E-state index in [2.05, 4.69) is 17.1 Å². The van der Waals surface area contributed by atoms with Crippen molar-refractivity contribution in [2.24, 2.45) is 0 Å². The fraction of sp³-hybridized carbons (Fsp3) is 0.636. The molecule has 0 aromatic heterocycles. The SMILES string of the molecule is CC1CCCCN1CCN(CCC(=O)N1CCNCC1)C(=O)c1ccc(Cl)cc1. The van der Waals surface area contributed by atoms with Gasteiger partial charge in [-0.15, -0.1) is 0 Å². The van der Waals surface area contributed by atoms with Crippen LogP contribution < -0.4 is 5.32 Å². The first-order valence-corrected chi connectivity index (χ1v) is 11.2. The molecule has 1 unspecified atom stereocenters. The molecule has 0 saturated carbocycles. The van der Waals surface area contributed by atoms with E-state index in [1.807, 2.05) is 9.80 Å². The number of hydrogen-bond acceptors (Lipinski definition) is 4. The molecule has 6 nitrogen and oxygen atoms in total. The fourth-order valence-corrected chi connectivity index (χ4v) is 4.26. The van der Waals surface area contributed by atoms with Crippen LogP contribution in [0.25, 0.3) is 0 Å². The van der Waals surface area contributed by atoms with Crippen molar-refractivity contribution in [3.8, 4) is 0 Å². The minimum Gasteiger partial charge on any atom is -0.340 e. The van der Waals surface area contributed by atoms with E-state index in [4.69, 9.17) is 11.6 Å². The highest BCUT2D eigenvalue weighted by Gasteiger charge is 2.23. The summed E-state index contributed by atoms with van der Waals surface area (Å²) < 4.78 is 0. The van der Waals surface area contributed by atoms with Crippen LogP contribution in [-0.4, -0.2) is 84.9 Å². The number of hydrogen-bond donors (Lipinski definition) is 1. The number of rotatable bonds is 7. The molecule has 7 heteroatoms. The molecule has 1 N–H and O–H groups in total. The molecule has 2 amide bonds. The Hall–Kier alpha value is -1.63. The molecule has 2 saturated heterocycles. The van der Waals surface area contributed by atoms with Gasteiger partial charge in [-0.3, -0.25) is 14.5 Å². The Bertz CT molecular complexity index is 676. The van der Waals surface area contributed by atoms with E-state index in [0.717, 1.165) is 39.3 Å². The van der Waals surface area contributed by atoms with Crippen molar-refractivity contribution in [2.45, 2.75) is 38.6 Å². The topological polar surface area (TPSA) is 55.9 Å². The maximum absolute atomic E-state index is 13.1. The van der Waals surface area contributed by atoms with Gasteiger partial charge in [0.15, 0.2) is 0 Å².